The Balaban J connectivity index is 2.14. The van der Waals surface area contributed by atoms with E-state index in [0.717, 1.165) is 30.5 Å². The Kier molecular flexibility index (Phi) is 12.4. The molecule has 0 bridgehead atoms. The third-order valence-corrected chi connectivity index (χ3v) is 8.24. The molecule has 39 heavy (non-hydrogen) atoms. The van der Waals surface area contributed by atoms with E-state index in [-0.39, 0.29) is 24.5 Å². The van der Waals surface area contributed by atoms with E-state index in [1.807, 2.05) is 52.0 Å². The van der Waals surface area contributed by atoms with E-state index in [9.17, 15) is 14.4 Å². The first-order valence-corrected chi connectivity index (χ1v) is 14.8. The van der Waals surface area contributed by atoms with Crippen molar-refractivity contribution < 1.29 is 19.1 Å². The first-order valence-electron chi connectivity index (χ1n) is 14.8. The third kappa shape index (κ3) is 7.60. The van der Waals surface area contributed by atoms with Crippen LogP contribution in [0.25, 0.3) is 0 Å². The Labute approximate surface area is 236 Å². The van der Waals surface area contributed by atoms with Crippen LogP contribution in [0, 0.1) is 12.3 Å². The van der Waals surface area contributed by atoms with Gasteiger partial charge in [-0.15, -0.1) is 0 Å². The predicted molar refractivity (Wildman–Crippen MR) is 156 cm³/mol. The lowest BCUT2D eigenvalue weighted by Crippen LogP contribution is -2.72. The lowest BCUT2D eigenvalue weighted by Gasteiger charge is -2.53. The molecule has 1 heterocycles. The monoisotopic (exact) mass is 544 g/mol. The van der Waals surface area contributed by atoms with Crippen molar-refractivity contribution in [3.05, 3.63) is 35.4 Å². The van der Waals surface area contributed by atoms with Gasteiger partial charge < -0.3 is 15.0 Å². The zero-order valence-electron chi connectivity index (χ0n) is 25.8. The van der Waals surface area contributed by atoms with Gasteiger partial charge in [0.25, 0.3) is 0 Å². The van der Waals surface area contributed by atoms with Gasteiger partial charge in [-0.2, -0.15) is 0 Å². The first-order chi connectivity index (χ1) is 18.5. The van der Waals surface area contributed by atoms with Crippen molar-refractivity contribution in [2.45, 2.75) is 112 Å². The van der Waals surface area contributed by atoms with Gasteiger partial charge >= 0.3 is 6.03 Å². The summed E-state index contributed by atoms with van der Waals surface area (Å²) in [6, 6.07) is 8.17. The van der Waals surface area contributed by atoms with E-state index in [1.165, 1.54) is 4.90 Å². The molecular formula is C31H52N4O4. The number of benzene rings is 1. The fourth-order valence-corrected chi connectivity index (χ4v) is 5.65. The molecule has 1 N–H and O–H groups in total. The summed E-state index contributed by atoms with van der Waals surface area (Å²) >= 11 is 0. The number of imide groups is 1. The number of amides is 4. The summed E-state index contributed by atoms with van der Waals surface area (Å²) in [6.45, 7) is 20.3. The summed E-state index contributed by atoms with van der Waals surface area (Å²) in [7, 11) is 0. The predicted octanol–water partition coefficient (Wildman–Crippen LogP) is 5.50. The van der Waals surface area contributed by atoms with Crippen LogP contribution in [0.5, 0.6) is 0 Å². The van der Waals surface area contributed by atoms with Gasteiger partial charge in [-0.25, -0.2) is 9.69 Å². The topological polar surface area (TPSA) is 82.2 Å². The molecule has 1 saturated heterocycles. The van der Waals surface area contributed by atoms with Gasteiger partial charge in [-0.05, 0) is 66.4 Å². The van der Waals surface area contributed by atoms with Gasteiger partial charge in [0.1, 0.15) is 6.61 Å². The van der Waals surface area contributed by atoms with Crippen molar-refractivity contribution in [2.75, 3.05) is 26.2 Å². The fourth-order valence-electron chi connectivity index (χ4n) is 5.65. The SMILES string of the molecule is CCC[C@@H](NC(=O)N1C(=O)C(CC)(CC)[C@@H]1OCC(=O)N(CC)CCN(C(C)C)C(C)C)c1ccc(C)cc1. The molecule has 0 aliphatic carbocycles. The summed E-state index contributed by atoms with van der Waals surface area (Å²) in [5, 5.41) is 3.06. The molecule has 0 radical (unpaired) electrons. The maximum Gasteiger partial charge on any atom is 0.326 e. The van der Waals surface area contributed by atoms with Crippen LogP contribution in [0.2, 0.25) is 0 Å². The van der Waals surface area contributed by atoms with Gasteiger partial charge in [-0.1, -0.05) is 57.0 Å². The van der Waals surface area contributed by atoms with E-state index in [1.54, 1.807) is 4.90 Å². The zero-order valence-corrected chi connectivity index (χ0v) is 25.8. The first kappa shape index (κ1) is 32.8. The Hall–Kier alpha value is -2.45. The van der Waals surface area contributed by atoms with Crippen LogP contribution in [-0.4, -0.2) is 77.1 Å². The van der Waals surface area contributed by atoms with Gasteiger partial charge in [0.15, 0.2) is 6.23 Å². The number of carbonyl (C=O) groups excluding carboxylic acids is 3. The lowest BCUT2D eigenvalue weighted by molar-refractivity contribution is -0.212. The molecule has 4 amide bonds. The summed E-state index contributed by atoms with van der Waals surface area (Å²) < 4.78 is 6.13. The number of urea groups is 1. The van der Waals surface area contributed by atoms with Crippen LogP contribution < -0.4 is 5.32 Å². The molecule has 220 valence electrons. The minimum Gasteiger partial charge on any atom is -0.347 e. The highest BCUT2D eigenvalue weighted by atomic mass is 16.5. The molecule has 0 aromatic heterocycles. The van der Waals surface area contributed by atoms with Crippen molar-refractivity contribution in [3.63, 3.8) is 0 Å². The van der Waals surface area contributed by atoms with Crippen LogP contribution in [0.4, 0.5) is 4.79 Å². The fraction of sp³-hybridized carbons (Fsp3) is 0.710. The van der Waals surface area contributed by atoms with Crippen LogP contribution in [0.1, 0.15) is 98.2 Å². The van der Waals surface area contributed by atoms with Gasteiger partial charge in [0, 0.05) is 31.7 Å². The Morgan fingerprint density at radius 1 is 1.00 bits per heavy atom. The molecule has 0 saturated carbocycles. The molecule has 2 atom stereocenters. The molecule has 1 aliphatic heterocycles. The molecule has 1 aromatic rings. The Morgan fingerprint density at radius 2 is 1.59 bits per heavy atom. The average molecular weight is 545 g/mol. The van der Waals surface area contributed by atoms with Gasteiger partial charge in [-0.3, -0.25) is 14.5 Å². The number of likely N-dealkylation sites (tertiary alicyclic amines) is 1. The number of nitrogens with zero attached hydrogens (tertiary/aromatic N) is 3. The number of aryl methyl sites for hydroxylation is 1. The Morgan fingerprint density at radius 3 is 2.08 bits per heavy atom. The van der Waals surface area contributed by atoms with Crippen LogP contribution >= 0.6 is 0 Å². The maximum atomic E-state index is 13.4. The second-order valence-corrected chi connectivity index (χ2v) is 11.3. The smallest absolute Gasteiger partial charge is 0.326 e. The van der Waals surface area contributed by atoms with E-state index in [2.05, 4.69) is 44.8 Å². The van der Waals surface area contributed by atoms with Gasteiger partial charge in [0.2, 0.25) is 11.8 Å². The molecular weight excluding hydrogens is 492 g/mol. The molecule has 8 heteroatoms. The second kappa shape index (κ2) is 14.8. The summed E-state index contributed by atoms with van der Waals surface area (Å²) in [6.07, 6.45) is 1.94. The van der Waals surface area contributed by atoms with E-state index in [4.69, 9.17) is 4.74 Å². The second-order valence-electron chi connectivity index (χ2n) is 11.3. The minimum atomic E-state index is -0.801. The number of nitrogens with one attached hydrogen (secondary N) is 1. The average Bonchev–Trinajstić information content (AvgIpc) is 2.89. The van der Waals surface area contributed by atoms with Gasteiger partial charge in [0.05, 0.1) is 11.5 Å². The van der Waals surface area contributed by atoms with Crippen LogP contribution in [-0.2, 0) is 14.3 Å². The molecule has 1 fully saturated rings. The van der Waals surface area contributed by atoms with Crippen molar-refractivity contribution in [1.29, 1.82) is 0 Å². The highest BCUT2D eigenvalue weighted by Gasteiger charge is 2.62. The normalized spacial score (nSPS) is 17.5. The number of hydrogen-bond donors (Lipinski definition) is 1. The number of carbonyl (C=O) groups is 3. The highest BCUT2D eigenvalue weighted by molar-refractivity contribution is 6.03. The summed E-state index contributed by atoms with van der Waals surface area (Å²) in [5.74, 6) is -0.368. The largest absolute Gasteiger partial charge is 0.347 e. The lowest BCUT2D eigenvalue weighted by atomic mass is 9.72. The zero-order chi connectivity index (χ0) is 29.3. The highest BCUT2D eigenvalue weighted by Crippen LogP contribution is 2.46. The number of β-lactam (4-membered cyclic amide) rings is 1. The Bertz CT molecular complexity index is 934. The van der Waals surface area contributed by atoms with E-state index < -0.39 is 17.7 Å². The maximum absolute atomic E-state index is 13.4. The van der Waals surface area contributed by atoms with Crippen LogP contribution in [0.3, 0.4) is 0 Å². The third-order valence-electron chi connectivity index (χ3n) is 8.24. The molecule has 8 nitrogen and oxygen atoms in total. The van der Waals surface area contributed by atoms with E-state index >= 15 is 0 Å². The number of rotatable bonds is 15. The molecule has 1 aliphatic rings. The number of likely N-dealkylation sites (N-methyl/N-ethyl adjacent to an activating group) is 1. The van der Waals surface area contributed by atoms with Crippen LogP contribution in [0.15, 0.2) is 24.3 Å². The standard InChI is InChI=1S/C31H52N4O4/c1-10-14-26(25-17-15-24(9)16-18-25)32-30(38)35-28(37)31(11-2,12-3)29(35)39-21-27(36)33(13-4)19-20-34(22(5)6)23(7)8/h15-18,22-23,26,29H,10-14,19-21H2,1-9H3,(H,32,38)/t26-,29+/m1/s1. The van der Waals surface area contributed by atoms with Crippen molar-refractivity contribution in [2.24, 2.45) is 5.41 Å². The molecule has 1 aromatic carbocycles. The van der Waals surface area contributed by atoms with Crippen molar-refractivity contribution in [3.8, 4) is 0 Å². The summed E-state index contributed by atoms with van der Waals surface area (Å²) in [4.78, 5) is 45.3. The molecule has 2 rings (SSSR count). The minimum absolute atomic E-state index is 0.130. The van der Waals surface area contributed by atoms with Crippen molar-refractivity contribution >= 4 is 17.8 Å². The quantitative estimate of drug-likeness (QED) is 0.295. The molecule has 0 unspecified atom stereocenters. The summed E-state index contributed by atoms with van der Waals surface area (Å²) in [5.41, 5.74) is 1.35. The van der Waals surface area contributed by atoms with E-state index in [0.29, 0.717) is 38.0 Å². The van der Waals surface area contributed by atoms with Crippen molar-refractivity contribution in [1.82, 2.24) is 20.0 Å². The molecule has 0 spiro atoms. The number of ether oxygens (including phenoxy) is 1. The number of hydrogen-bond acceptors (Lipinski definition) is 5.